The maximum atomic E-state index is 12.7. The van der Waals surface area contributed by atoms with Gasteiger partial charge in [0.15, 0.2) is 0 Å². The van der Waals surface area contributed by atoms with Gasteiger partial charge in [-0.25, -0.2) is 0 Å². The molecule has 30 heavy (non-hydrogen) atoms. The van der Waals surface area contributed by atoms with Gasteiger partial charge in [0, 0.05) is 17.6 Å². The molecule has 1 fully saturated rings. The van der Waals surface area contributed by atoms with Crippen LogP contribution < -0.4 is 5.32 Å². The van der Waals surface area contributed by atoms with Crippen LogP contribution in [-0.2, 0) is 16.8 Å². The summed E-state index contributed by atoms with van der Waals surface area (Å²) in [4.78, 5) is 19.5. The van der Waals surface area contributed by atoms with Crippen molar-refractivity contribution in [1.29, 1.82) is 0 Å². The van der Waals surface area contributed by atoms with Crippen LogP contribution in [0.15, 0.2) is 28.8 Å². The zero-order valence-electron chi connectivity index (χ0n) is 19.3. The highest BCUT2D eigenvalue weighted by Gasteiger charge is 2.29. The van der Waals surface area contributed by atoms with Gasteiger partial charge in [-0.3, -0.25) is 9.69 Å². The number of amides is 1. The van der Waals surface area contributed by atoms with E-state index in [-0.39, 0.29) is 22.8 Å². The van der Waals surface area contributed by atoms with Crippen molar-refractivity contribution in [1.82, 2.24) is 20.4 Å². The Morgan fingerprint density at radius 2 is 1.90 bits per heavy atom. The van der Waals surface area contributed by atoms with E-state index in [1.807, 2.05) is 12.1 Å². The summed E-state index contributed by atoms with van der Waals surface area (Å²) in [5.41, 5.74) is 2.18. The van der Waals surface area contributed by atoms with Gasteiger partial charge in [0.05, 0.1) is 12.5 Å². The lowest BCUT2D eigenvalue weighted by Gasteiger charge is -2.33. The molecule has 1 aromatic carbocycles. The van der Waals surface area contributed by atoms with E-state index in [0.717, 1.165) is 37.9 Å². The largest absolute Gasteiger partial charge is 0.351 e. The van der Waals surface area contributed by atoms with Crippen molar-refractivity contribution >= 4 is 5.91 Å². The number of rotatable bonds is 6. The van der Waals surface area contributed by atoms with E-state index in [4.69, 9.17) is 4.52 Å². The lowest BCUT2D eigenvalue weighted by molar-refractivity contribution is -0.128. The predicted molar refractivity (Wildman–Crippen MR) is 119 cm³/mol. The van der Waals surface area contributed by atoms with Crippen molar-refractivity contribution in [2.24, 2.45) is 5.92 Å². The van der Waals surface area contributed by atoms with Crippen LogP contribution >= 0.6 is 0 Å². The zero-order chi connectivity index (χ0) is 21.9. The number of hydrogen-bond acceptors (Lipinski definition) is 5. The molecule has 2 heterocycles. The number of aromatic nitrogens is 2. The summed E-state index contributed by atoms with van der Waals surface area (Å²) in [5.74, 6) is 1.37. The first-order valence-electron chi connectivity index (χ1n) is 11.1. The maximum absolute atomic E-state index is 12.7. The maximum Gasteiger partial charge on any atom is 0.241 e. The predicted octanol–water partition coefficient (Wildman–Crippen LogP) is 4.55. The molecule has 3 rings (SSSR count). The van der Waals surface area contributed by atoms with Crippen LogP contribution in [0.1, 0.15) is 72.3 Å². The Labute approximate surface area is 180 Å². The topological polar surface area (TPSA) is 71.3 Å². The van der Waals surface area contributed by atoms with Crippen LogP contribution in [0.2, 0.25) is 0 Å². The summed E-state index contributed by atoms with van der Waals surface area (Å²) in [7, 11) is 0. The minimum Gasteiger partial charge on any atom is -0.351 e. The summed E-state index contributed by atoms with van der Waals surface area (Å²) in [6.07, 6.45) is 2.84. The number of nitrogens with zero attached hydrogens (tertiary/aromatic N) is 3. The van der Waals surface area contributed by atoms with Crippen molar-refractivity contribution in [2.75, 3.05) is 13.1 Å². The fourth-order valence-electron chi connectivity index (χ4n) is 3.68. The molecule has 164 valence electrons. The number of hydrogen-bond donors (Lipinski definition) is 1. The van der Waals surface area contributed by atoms with Gasteiger partial charge >= 0.3 is 0 Å². The summed E-state index contributed by atoms with van der Waals surface area (Å²) in [6.45, 7) is 15.1. The fourth-order valence-corrected chi connectivity index (χ4v) is 3.68. The molecule has 1 aliphatic rings. The molecule has 6 heteroatoms. The molecule has 1 N–H and O–H groups in total. The van der Waals surface area contributed by atoms with E-state index in [0.29, 0.717) is 18.3 Å². The quantitative estimate of drug-likeness (QED) is 0.754. The third kappa shape index (κ3) is 5.69. The summed E-state index contributed by atoms with van der Waals surface area (Å²) in [6, 6.07) is 8.34. The monoisotopic (exact) mass is 412 g/mol. The molecule has 1 unspecified atom stereocenters. The molecular weight excluding hydrogens is 376 g/mol. The van der Waals surface area contributed by atoms with E-state index in [1.54, 1.807) is 0 Å². The van der Waals surface area contributed by atoms with Crippen LogP contribution in [0.4, 0.5) is 0 Å². The smallest absolute Gasteiger partial charge is 0.241 e. The number of piperidine rings is 1. The molecule has 0 spiro atoms. The first kappa shape index (κ1) is 22.5. The van der Waals surface area contributed by atoms with Crippen LogP contribution in [0.25, 0.3) is 11.4 Å². The molecule has 1 aliphatic heterocycles. The molecule has 0 aliphatic carbocycles. The highest BCUT2D eigenvalue weighted by atomic mass is 16.5. The lowest BCUT2D eigenvalue weighted by atomic mass is 9.87. The van der Waals surface area contributed by atoms with Gasteiger partial charge in [0.2, 0.25) is 17.6 Å². The second-order valence-corrected chi connectivity index (χ2v) is 10.1. The van der Waals surface area contributed by atoms with Crippen molar-refractivity contribution in [3.05, 3.63) is 35.7 Å². The average Bonchev–Trinajstić information content (AvgIpc) is 3.16. The molecule has 0 bridgehead atoms. The lowest BCUT2D eigenvalue weighted by Crippen LogP contribution is -2.49. The number of nitrogens with one attached hydrogen (secondary N) is 1. The van der Waals surface area contributed by atoms with Crippen LogP contribution in [0, 0.1) is 5.92 Å². The molecule has 6 nitrogen and oxygen atoms in total. The average molecular weight is 413 g/mol. The van der Waals surface area contributed by atoms with Crippen LogP contribution in [0.5, 0.6) is 0 Å². The first-order valence-corrected chi connectivity index (χ1v) is 11.1. The summed E-state index contributed by atoms with van der Waals surface area (Å²) < 4.78 is 5.51. The fraction of sp³-hybridized carbons (Fsp3) is 0.625. The number of carbonyl (C=O) groups is 1. The van der Waals surface area contributed by atoms with Crippen LogP contribution in [-0.4, -0.2) is 39.6 Å². The number of benzene rings is 1. The highest BCUT2D eigenvalue weighted by Crippen LogP contribution is 2.25. The van der Waals surface area contributed by atoms with Gasteiger partial charge < -0.3 is 9.84 Å². The Bertz CT molecular complexity index is 849. The van der Waals surface area contributed by atoms with Crippen molar-refractivity contribution in [2.45, 2.75) is 78.3 Å². The van der Waals surface area contributed by atoms with Gasteiger partial charge in [0.25, 0.3) is 0 Å². The standard InChI is InChI=1S/C24H36N4O2/c1-7-24(5,6)26-22(29)18-9-8-14-28(15-18)16-20-25-21(27-30-20)17-10-12-19(13-11-17)23(2,3)4/h10-13,18H,7-9,14-16H2,1-6H3,(H,26,29). The SMILES string of the molecule is CCC(C)(C)NC(=O)C1CCCN(Cc2nc(-c3ccc(C(C)(C)C)cc3)no2)C1. The molecule has 0 radical (unpaired) electrons. The van der Waals surface area contributed by atoms with E-state index < -0.39 is 0 Å². The summed E-state index contributed by atoms with van der Waals surface area (Å²) >= 11 is 0. The van der Waals surface area contributed by atoms with E-state index in [9.17, 15) is 4.79 Å². The van der Waals surface area contributed by atoms with Crippen molar-refractivity contribution < 1.29 is 9.32 Å². The zero-order valence-corrected chi connectivity index (χ0v) is 19.3. The molecule has 0 saturated carbocycles. The van der Waals surface area contributed by atoms with Gasteiger partial charge in [-0.2, -0.15) is 4.98 Å². The molecule has 1 saturated heterocycles. The summed E-state index contributed by atoms with van der Waals surface area (Å²) in [5, 5.41) is 7.35. The molecule has 1 amide bonds. The van der Waals surface area contributed by atoms with Gasteiger partial charge in [0.1, 0.15) is 0 Å². The van der Waals surface area contributed by atoms with Gasteiger partial charge in [-0.05, 0) is 50.6 Å². The minimum atomic E-state index is -0.163. The van der Waals surface area contributed by atoms with E-state index >= 15 is 0 Å². The minimum absolute atomic E-state index is 0.0110. The Morgan fingerprint density at radius 1 is 1.20 bits per heavy atom. The van der Waals surface area contributed by atoms with Crippen molar-refractivity contribution in [3.63, 3.8) is 0 Å². The first-order chi connectivity index (χ1) is 14.1. The number of likely N-dealkylation sites (tertiary alicyclic amines) is 1. The highest BCUT2D eigenvalue weighted by molar-refractivity contribution is 5.79. The molecule has 2 aromatic rings. The Balaban J connectivity index is 1.61. The molecule has 1 atom stereocenters. The third-order valence-electron chi connectivity index (χ3n) is 6.06. The Kier molecular flexibility index (Phi) is 6.65. The number of carbonyl (C=O) groups excluding carboxylic acids is 1. The molecular formula is C24H36N4O2. The second kappa shape index (κ2) is 8.88. The van der Waals surface area contributed by atoms with Gasteiger partial charge in [-0.1, -0.05) is 57.1 Å². The van der Waals surface area contributed by atoms with Gasteiger partial charge in [-0.15, -0.1) is 0 Å². The normalized spacial score (nSPS) is 18.4. The van der Waals surface area contributed by atoms with E-state index in [1.165, 1.54) is 5.56 Å². The van der Waals surface area contributed by atoms with Crippen molar-refractivity contribution in [3.8, 4) is 11.4 Å². The van der Waals surface area contributed by atoms with E-state index in [2.05, 4.69) is 74.0 Å². The second-order valence-electron chi connectivity index (χ2n) is 10.1. The molecule has 1 aromatic heterocycles. The van der Waals surface area contributed by atoms with Crippen LogP contribution in [0.3, 0.4) is 0 Å². The Morgan fingerprint density at radius 3 is 2.53 bits per heavy atom. The third-order valence-corrected chi connectivity index (χ3v) is 6.06. The Hall–Kier alpha value is -2.21.